The van der Waals surface area contributed by atoms with Gasteiger partial charge in [0.1, 0.15) is 5.60 Å². The molecule has 1 N–H and O–H groups in total. The van der Waals surface area contributed by atoms with E-state index < -0.39 is 18.7 Å². The first-order valence-corrected chi connectivity index (χ1v) is 6.04. The van der Waals surface area contributed by atoms with Crippen LogP contribution >= 0.6 is 0 Å². The lowest BCUT2D eigenvalue weighted by Gasteiger charge is -2.19. The molecule has 0 atom stereocenters. The van der Waals surface area contributed by atoms with Gasteiger partial charge in [0.15, 0.2) is 0 Å². The van der Waals surface area contributed by atoms with Crippen LogP contribution in [0.3, 0.4) is 0 Å². The van der Waals surface area contributed by atoms with E-state index in [1.165, 1.54) is 12.1 Å². The summed E-state index contributed by atoms with van der Waals surface area (Å²) >= 11 is 0. The Morgan fingerprint density at radius 2 is 1.95 bits per heavy atom. The summed E-state index contributed by atoms with van der Waals surface area (Å²) in [6, 6.07) is 6.07. The molecule has 1 amide bonds. The van der Waals surface area contributed by atoms with E-state index in [4.69, 9.17) is 4.74 Å². The van der Waals surface area contributed by atoms with Gasteiger partial charge in [0, 0.05) is 5.69 Å². The minimum atomic E-state index is -4.97. The summed E-state index contributed by atoms with van der Waals surface area (Å²) in [4.78, 5) is 11.5. The largest absolute Gasteiger partial charge is 0.502 e. The number of amides is 1. The Labute approximate surface area is 115 Å². The minimum absolute atomic E-state index is 0.201. The van der Waals surface area contributed by atoms with Crippen LogP contribution in [0.25, 0.3) is 6.08 Å². The molecule has 0 fully saturated rings. The van der Waals surface area contributed by atoms with E-state index >= 15 is 0 Å². The topological polar surface area (TPSA) is 38.3 Å². The molecule has 0 radical (unpaired) electrons. The van der Waals surface area contributed by atoms with Gasteiger partial charge < -0.3 is 17.7 Å². The first-order chi connectivity index (χ1) is 9.05. The summed E-state index contributed by atoms with van der Waals surface area (Å²) in [5.74, 6) is 0.201. The fraction of sp³-hybridized carbons (Fsp3) is 0.308. The molecule has 0 aromatic heterocycles. The van der Waals surface area contributed by atoms with Crippen LogP contribution in [0.2, 0.25) is 0 Å². The fourth-order valence-electron chi connectivity index (χ4n) is 1.36. The van der Waals surface area contributed by atoms with Crippen molar-refractivity contribution in [1.82, 2.24) is 0 Å². The van der Waals surface area contributed by atoms with E-state index in [0.717, 1.165) is 6.08 Å². The molecule has 0 saturated carbocycles. The molecule has 0 saturated heterocycles. The van der Waals surface area contributed by atoms with Gasteiger partial charge in [0.25, 0.3) is 0 Å². The Balaban J connectivity index is 2.74. The molecule has 0 unspecified atom stereocenters. The number of ether oxygens (including phenoxy) is 1. The van der Waals surface area contributed by atoms with Crippen molar-refractivity contribution < 1.29 is 22.5 Å². The zero-order chi connectivity index (χ0) is 15.4. The lowest BCUT2D eigenvalue weighted by atomic mass is 9.90. The summed E-state index contributed by atoms with van der Waals surface area (Å²) in [6.45, 7) is 0.185. The summed E-state index contributed by atoms with van der Waals surface area (Å²) in [6.07, 6.45) is 0.305. The number of benzene rings is 1. The maximum atomic E-state index is 12.1. The van der Waals surface area contributed by atoms with E-state index in [2.05, 4.69) is 5.32 Å². The van der Waals surface area contributed by atoms with Crippen LogP contribution in [0, 0.1) is 0 Å². The second-order valence-corrected chi connectivity index (χ2v) is 5.24. The lowest BCUT2D eigenvalue weighted by molar-refractivity contribution is 0.0636. The average molecular weight is 286 g/mol. The molecule has 3 nitrogen and oxygen atoms in total. The van der Waals surface area contributed by atoms with E-state index in [-0.39, 0.29) is 5.98 Å². The summed E-state index contributed by atoms with van der Waals surface area (Å²) in [7, 11) is 0. The van der Waals surface area contributed by atoms with Gasteiger partial charge in [-0.25, -0.2) is 4.79 Å². The van der Waals surface area contributed by atoms with Crippen LogP contribution in [0.5, 0.6) is 0 Å². The van der Waals surface area contributed by atoms with Crippen LogP contribution < -0.4 is 5.32 Å². The molecule has 1 rings (SSSR count). The standard InChI is InChI=1S/C13H16BF3NO2/c1-13(2,3)20-12(19)18-11-6-4-5-10(9-11)7-8-14(15,16)17/h4-9H,1-3H3,(H,18,19)/q-1/b8-7+. The van der Waals surface area contributed by atoms with E-state index in [9.17, 15) is 17.7 Å². The van der Waals surface area contributed by atoms with Crippen molar-refractivity contribution in [3.63, 3.8) is 0 Å². The van der Waals surface area contributed by atoms with Gasteiger partial charge in [-0.05, 0) is 38.5 Å². The normalized spacial score (nSPS) is 12.5. The molecule has 0 aliphatic heterocycles. The zero-order valence-corrected chi connectivity index (χ0v) is 11.5. The molecule has 1 aromatic carbocycles. The third-order valence-corrected chi connectivity index (χ3v) is 2.04. The van der Waals surface area contributed by atoms with Gasteiger partial charge in [0.2, 0.25) is 0 Å². The van der Waals surface area contributed by atoms with Gasteiger partial charge >= 0.3 is 13.1 Å². The van der Waals surface area contributed by atoms with Crippen molar-refractivity contribution in [2.45, 2.75) is 26.4 Å². The van der Waals surface area contributed by atoms with E-state index in [0.29, 0.717) is 11.3 Å². The van der Waals surface area contributed by atoms with Crippen molar-refractivity contribution >= 4 is 24.8 Å². The van der Waals surface area contributed by atoms with Gasteiger partial charge in [-0.1, -0.05) is 18.2 Å². The second kappa shape index (κ2) is 6.03. The number of carbonyl (C=O) groups is 1. The van der Waals surface area contributed by atoms with Crippen molar-refractivity contribution in [2.75, 3.05) is 5.32 Å². The quantitative estimate of drug-likeness (QED) is 0.834. The van der Waals surface area contributed by atoms with Gasteiger partial charge in [0.05, 0.1) is 0 Å². The Morgan fingerprint density at radius 1 is 1.30 bits per heavy atom. The number of rotatable bonds is 3. The number of nitrogens with one attached hydrogen (secondary N) is 1. The summed E-state index contributed by atoms with van der Waals surface area (Å²) in [5.41, 5.74) is 0.0780. The Bertz CT molecular complexity index is 507. The maximum Gasteiger partial charge on any atom is 0.502 e. The van der Waals surface area contributed by atoms with Gasteiger partial charge in [-0.3, -0.25) is 5.32 Å². The average Bonchev–Trinajstić information content (AvgIpc) is 2.23. The molecule has 110 valence electrons. The number of anilines is 1. The number of carbonyl (C=O) groups excluding carboxylic acids is 1. The molecular weight excluding hydrogens is 270 g/mol. The zero-order valence-electron chi connectivity index (χ0n) is 11.5. The van der Waals surface area contributed by atoms with Crippen LogP contribution in [-0.2, 0) is 4.74 Å². The van der Waals surface area contributed by atoms with Gasteiger partial charge in [-0.2, -0.15) is 0 Å². The highest BCUT2D eigenvalue weighted by Crippen LogP contribution is 2.17. The SMILES string of the molecule is CC(C)(C)OC(=O)Nc1cccc(/C=C/[B-](F)(F)F)c1. The molecule has 0 spiro atoms. The van der Waals surface area contributed by atoms with Crippen LogP contribution in [0.15, 0.2) is 30.2 Å². The highest BCUT2D eigenvalue weighted by molar-refractivity contribution is 6.64. The highest BCUT2D eigenvalue weighted by Gasteiger charge is 2.17. The van der Waals surface area contributed by atoms with Crippen LogP contribution in [-0.4, -0.2) is 18.7 Å². The molecule has 1 aromatic rings. The second-order valence-electron chi connectivity index (χ2n) is 5.24. The number of hydrogen-bond acceptors (Lipinski definition) is 2. The summed E-state index contributed by atoms with van der Waals surface area (Å²) < 4.78 is 41.4. The van der Waals surface area contributed by atoms with Crippen molar-refractivity contribution in [3.05, 3.63) is 35.8 Å². The Morgan fingerprint density at radius 3 is 2.50 bits per heavy atom. The molecule has 0 aliphatic rings. The smallest absolute Gasteiger partial charge is 0.445 e. The van der Waals surface area contributed by atoms with Crippen molar-refractivity contribution in [2.24, 2.45) is 0 Å². The fourth-order valence-corrected chi connectivity index (χ4v) is 1.36. The predicted molar refractivity (Wildman–Crippen MR) is 74.4 cm³/mol. The molecule has 0 aliphatic carbocycles. The van der Waals surface area contributed by atoms with Crippen LogP contribution in [0.1, 0.15) is 26.3 Å². The predicted octanol–water partition coefficient (Wildman–Crippen LogP) is 4.43. The van der Waals surface area contributed by atoms with Crippen LogP contribution in [0.4, 0.5) is 23.4 Å². The molecule has 7 heteroatoms. The van der Waals surface area contributed by atoms with Crippen molar-refractivity contribution in [3.8, 4) is 0 Å². The Kier molecular flexibility index (Phi) is 4.86. The third kappa shape index (κ3) is 6.87. The molecule has 20 heavy (non-hydrogen) atoms. The Hall–Kier alpha value is -1.92. The van der Waals surface area contributed by atoms with E-state index in [1.54, 1.807) is 32.9 Å². The van der Waals surface area contributed by atoms with Crippen molar-refractivity contribution in [1.29, 1.82) is 0 Å². The molecule has 0 heterocycles. The number of hydrogen-bond donors (Lipinski definition) is 1. The lowest BCUT2D eigenvalue weighted by Crippen LogP contribution is -2.27. The highest BCUT2D eigenvalue weighted by atomic mass is 19.4. The third-order valence-electron chi connectivity index (χ3n) is 2.04. The number of halogens is 3. The maximum absolute atomic E-state index is 12.1. The first-order valence-electron chi connectivity index (χ1n) is 6.04. The molecule has 0 bridgehead atoms. The summed E-state index contributed by atoms with van der Waals surface area (Å²) in [5, 5.41) is 2.46. The first kappa shape index (κ1) is 16.1. The van der Waals surface area contributed by atoms with Gasteiger partial charge in [-0.15, -0.1) is 5.98 Å². The van der Waals surface area contributed by atoms with E-state index in [1.807, 2.05) is 0 Å². The minimum Gasteiger partial charge on any atom is -0.445 e. The molecular formula is C13H16BF3NO2-. The monoisotopic (exact) mass is 286 g/mol.